The lowest BCUT2D eigenvalue weighted by Gasteiger charge is -2.21. The van der Waals surface area contributed by atoms with Crippen LogP contribution in [-0.4, -0.2) is 26.6 Å². The molecule has 0 unspecified atom stereocenters. The Morgan fingerprint density at radius 2 is 1.52 bits per heavy atom. The third-order valence-corrected chi connectivity index (χ3v) is 4.01. The second-order valence-corrected chi connectivity index (χ2v) is 5.99. The van der Waals surface area contributed by atoms with Gasteiger partial charge in [0.2, 0.25) is 5.91 Å². The van der Waals surface area contributed by atoms with Gasteiger partial charge in [-0.25, -0.2) is 0 Å². The second kappa shape index (κ2) is 8.76. The maximum absolute atomic E-state index is 12.6. The topological polar surface area (TPSA) is 50.8 Å². The molecule has 5 heteroatoms. The van der Waals surface area contributed by atoms with Gasteiger partial charge in [-0.1, -0.05) is 42.5 Å². The van der Waals surface area contributed by atoms with Crippen LogP contribution in [0.15, 0.2) is 78.9 Å². The monoisotopic (exact) mass is 362 g/mol. The van der Waals surface area contributed by atoms with E-state index in [1.165, 1.54) is 0 Å². The van der Waals surface area contributed by atoms with E-state index in [0.29, 0.717) is 17.2 Å². The molecule has 1 amide bonds. The van der Waals surface area contributed by atoms with Crippen molar-refractivity contribution in [1.82, 2.24) is 0 Å². The van der Waals surface area contributed by atoms with E-state index in [0.717, 1.165) is 11.4 Å². The number of methoxy groups -OCH3 is 1. The van der Waals surface area contributed by atoms with Gasteiger partial charge in [0.15, 0.2) is 5.75 Å². The van der Waals surface area contributed by atoms with Crippen LogP contribution in [0, 0.1) is 0 Å². The number of likely N-dealkylation sites (N-methyl/N-ethyl adjacent to an activating group) is 1. The van der Waals surface area contributed by atoms with Crippen LogP contribution >= 0.6 is 0 Å². The summed E-state index contributed by atoms with van der Waals surface area (Å²) in [4.78, 5) is 14.4. The molecule has 138 valence electrons. The number of para-hydroxylation sites is 5. The first kappa shape index (κ1) is 18.3. The van der Waals surface area contributed by atoms with E-state index in [-0.39, 0.29) is 12.5 Å². The summed E-state index contributed by atoms with van der Waals surface area (Å²) in [6.07, 6.45) is 0. The number of benzene rings is 3. The van der Waals surface area contributed by atoms with Crippen LogP contribution in [0.5, 0.6) is 17.2 Å². The van der Waals surface area contributed by atoms with Crippen molar-refractivity contribution in [3.8, 4) is 17.2 Å². The number of nitrogens with zero attached hydrogens (tertiary/aromatic N) is 1. The van der Waals surface area contributed by atoms with Gasteiger partial charge in [-0.3, -0.25) is 4.79 Å². The van der Waals surface area contributed by atoms with Crippen LogP contribution in [0.2, 0.25) is 0 Å². The molecule has 1 N–H and O–H groups in total. The van der Waals surface area contributed by atoms with E-state index in [1.807, 2.05) is 90.8 Å². The maximum Gasteiger partial charge on any atom is 0.243 e. The first-order valence-corrected chi connectivity index (χ1v) is 8.63. The Hall–Kier alpha value is -3.47. The third kappa shape index (κ3) is 4.79. The molecule has 5 nitrogen and oxygen atoms in total. The Balaban J connectivity index is 1.69. The molecule has 27 heavy (non-hydrogen) atoms. The SMILES string of the molecule is COc1ccccc1N(C)CC(=O)Nc1ccccc1Oc1ccccc1. The van der Waals surface area contributed by atoms with Gasteiger partial charge in [-0.2, -0.15) is 0 Å². The lowest BCUT2D eigenvalue weighted by atomic mass is 10.2. The van der Waals surface area contributed by atoms with Gasteiger partial charge in [0, 0.05) is 7.05 Å². The highest BCUT2D eigenvalue weighted by atomic mass is 16.5. The number of amides is 1. The summed E-state index contributed by atoms with van der Waals surface area (Å²) in [5, 5.41) is 2.92. The molecule has 0 saturated carbocycles. The Morgan fingerprint density at radius 3 is 2.26 bits per heavy atom. The number of hydrogen-bond donors (Lipinski definition) is 1. The third-order valence-electron chi connectivity index (χ3n) is 4.01. The molecule has 3 aromatic carbocycles. The highest BCUT2D eigenvalue weighted by molar-refractivity contribution is 5.95. The molecule has 0 radical (unpaired) electrons. The average Bonchev–Trinajstić information content (AvgIpc) is 2.70. The van der Waals surface area contributed by atoms with Gasteiger partial charge < -0.3 is 19.7 Å². The maximum atomic E-state index is 12.6. The van der Waals surface area contributed by atoms with E-state index in [9.17, 15) is 4.79 Å². The zero-order chi connectivity index (χ0) is 19.1. The number of nitrogens with one attached hydrogen (secondary N) is 1. The summed E-state index contributed by atoms with van der Waals surface area (Å²) in [6.45, 7) is 0.181. The van der Waals surface area contributed by atoms with Crippen molar-refractivity contribution >= 4 is 17.3 Å². The summed E-state index contributed by atoms with van der Waals surface area (Å²) in [5.74, 6) is 1.88. The molecule has 0 aliphatic carbocycles. The summed E-state index contributed by atoms with van der Waals surface area (Å²) in [5.41, 5.74) is 1.48. The number of hydrogen-bond acceptors (Lipinski definition) is 4. The molecule has 0 bridgehead atoms. The van der Waals surface area contributed by atoms with E-state index >= 15 is 0 Å². The summed E-state index contributed by atoms with van der Waals surface area (Å²) < 4.78 is 11.2. The number of rotatable bonds is 7. The molecule has 0 fully saturated rings. The van der Waals surface area contributed by atoms with Gasteiger partial charge in [-0.05, 0) is 36.4 Å². The molecule has 0 spiro atoms. The first-order valence-electron chi connectivity index (χ1n) is 8.63. The molecule has 0 saturated heterocycles. The minimum atomic E-state index is -0.146. The lowest BCUT2D eigenvalue weighted by molar-refractivity contribution is -0.114. The smallest absolute Gasteiger partial charge is 0.243 e. The van der Waals surface area contributed by atoms with Crippen molar-refractivity contribution in [3.63, 3.8) is 0 Å². The predicted molar refractivity (Wildman–Crippen MR) is 108 cm³/mol. The van der Waals surface area contributed by atoms with Gasteiger partial charge in [-0.15, -0.1) is 0 Å². The summed E-state index contributed by atoms with van der Waals surface area (Å²) in [6, 6.07) is 24.4. The highest BCUT2D eigenvalue weighted by Gasteiger charge is 2.13. The number of anilines is 2. The largest absolute Gasteiger partial charge is 0.495 e. The Kier molecular flexibility index (Phi) is 5.94. The Bertz CT molecular complexity index is 897. The predicted octanol–water partition coefficient (Wildman–Crippen LogP) is 4.56. The average molecular weight is 362 g/mol. The van der Waals surface area contributed by atoms with Crippen molar-refractivity contribution in [2.45, 2.75) is 0 Å². The van der Waals surface area contributed by atoms with Crippen molar-refractivity contribution < 1.29 is 14.3 Å². The van der Waals surface area contributed by atoms with Crippen LogP contribution in [0.25, 0.3) is 0 Å². The van der Waals surface area contributed by atoms with Crippen molar-refractivity contribution in [1.29, 1.82) is 0 Å². The molecular formula is C22H22N2O3. The van der Waals surface area contributed by atoms with Gasteiger partial charge in [0.1, 0.15) is 11.5 Å². The van der Waals surface area contributed by atoms with Crippen LogP contribution in [-0.2, 0) is 4.79 Å². The van der Waals surface area contributed by atoms with Crippen LogP contribution < -0.4 is 19.7 Å². The minimum Gasteiger partial charge on any atom is -0.495 e. The Labute approximate surface area is 159 Å². The zero-order valence-corrected chi connectivity index (χ0v) is 15.4. The normalized spacial score (nSPS) is 10.1. The van der Waals surface area contributed by atoms with Crippen LogP contribution in [0.3, 0.4) is 0 Å². The number of carbonyl (C=O) groups is 1. The fourth-order valence-corrected chi connectivity index (χ4v) is 2.71. The fraction of sp³-hybridized carbons (Fsp3) is 0.136. The number of ether oxygens (including phenoxy) is 2. The first-order chi connectivity index (χ1) is 13.2. The molecule has 0 aromatic heterocycles. The molecule has 0 aliphatic heterocycles. The standard InChI is InChI=1S/C22H22N2O3/c1-24(19-13-7-9-15-21(19)26-2)16-22(25)23-18-12-6-8-14-20(18)27-17-10-4-3-5-11-17/h3-15H,16H2,1-2H3,(H,23,25). The molecule has 0 aliphatic rings. The summed E-state index contributed by atoms with van der Waals surface area (Å²) in [7, 11) is 3.47. The van der Waals surface area contributed by atoms with E-state index in [4.69, 9.17) is 9.47 Å². The zero-order valence-electron chi connectivity index (χ0n) is 15.4. The van der Waals surface area contributed by atoms with E-state index < -0.39 is 0 Å². The van der Waals surface area contributed by atoms with Crippen LogP contribution in [0.4, 0.5) is 11.4 Å². The van der Waals surface area contributed by atoms with E-state index in [2.05, 4.69) is 5.32 Å². The van der Waals surface area contributed by atoms with Crippen molar-refractivity contribution in [2.24, 2.45) is 0 Å². The van der Waals surface area contributed by atoms with Gasteiger partial charge in [0.05, 0.1) is 25.0 Å². The molecule has 3 rings (SSSR count). The van der Waals surface area contributed by atoms with Crippen molar-refractivity contribution in [3.05, 3.63) is 78.9 Å². The molecule has 3 aromatic rings. The van der Waals surface area contributed by atoms with Gasteiger partial charge >= 0.3 is 0 Å². The van der Waals surface area contributed by atoms with Gasteiger partial charge in [0.25, 0.3) is 0 Å². The molecule has 0 heterocycles. The highest BCUT2D eigenvalue weighted by Crippen LogP contribution is 2.30. The quantitative estimate of drug-likeness (QED) is 0.669. The minimum absolute atomic E-state index is 0.146. The van der Waals surface area contributed by atoms with Crippen molar-refractivity contribution in [2.75, 3.05) is 30.9 Å². The number of carbonyl (C=O) groups excluding carboxylic acids is 1. The Morgan fingerprint density at radius 1 is 0.889 bits per heavy atom. The summed E-state index contributed by atoms with van der Waals surface area (Å²) >= 11 is 0. The lowest BCUT2D eigenvalue weighted by Crippen LogP contribution is -2.30. The fourth-order valence-electron chi connectivity index (χ4n) is 2.71. The molecule has 0 atom stereocenters. The van der Waals surface area contributed by atoms with Crippen LogP contribution in [0.1, 0.15) is 0 Å². The second-order valence-electron chi connectivity index (χ2n) is 5.99. The molecular weight excluding hydrogens is 340 g/mol. The van der Waals surface area contributed by atoms with E-state index in [1.54, 1.807) is 7.11 Å².